The van der Waals surface area contributed by atoms with Crippen LogP contribution in [0.1, 0.15) is 26.3 Å². The van der Waals surface area contributed by atoms with Gasteiger partial charge in [0.15, 0.2) is 5.11 Å². The molecule has 0 aliphatic rings. The summed E-state index contributed by atoms with van der Waals surface area (Å²) in [5, 5.41) is 9.25. The minimum absolute atomic E-state index is 0.0847. The molecule has 0 fully saturated rings. The van der Waals surface area contributed by atoms with Crippen molar-refractivity contribution in [2.75, 3.05) is 10.6 Å². The second-order valence-electron chi connectivity index (χ2n) is 7.09. The predicted octanol–water partition coefficient (Wildman–Crippen LogP) is 4.38. The average molecular weight is 404 g/mol. The Morgan fingerprint density at radius 2 is 1.59 bits per heavy atom. The molecule has 5 nitrogen and oxygen atoms in total. The monoisotopic (exact) mass is 403 g/mol. The standard InChI is InChI=1S/C20H22ClN3O2S/c1-20(2,3)18(26)22-15-5-4-6-16(12-15)23-19(27)24-17(25)11-13-7-9-14(21)10-8-13/h4-10,12H,11H2,1-3H3,(H,22,26)(H2,23,24,25,27). The average Bonchev–Trinajstić information content (AvgIpc) is 2.56. The molecule has 3 N–H and O–H groups in total. The van der Waals surface area contributed by atoms with E-state index >= 15 is 0 Å². The lowest BCUT2D eigenvalue weighted by molar-refractivity contribution is -0.123. The highest BCUT2D eigenvalue weighted by Crippen LogP contribution is 2.20. The van der Waals surface area contributed by atoms with E-state index in [2.05, 4.69) is 16.0 Å². The Bertz CT molecular complexity index is 845. The van der Waals surface area contributed by atoms with E-state index in [4.69, 9.17) is 23.8 Å². The molecule has 0 aromatic heterocycles. The number of thiocarbonyl (C=S) groups is 1. The van der Waals surface area contributed by atoms with Crippen LogP contribution >= 0.6 is 23.8 Å². The van der Waals surface area contributed by atoms with Gasteiger partial charge in [-0.05, 0) is 48.1 Å². The van der Waals surface area contributed by atoms with Crippen LogP contribution < -0.4 is 16.0 Å². The second-order valence-corrected chi connectivity index (χ2v) is 7.94. The molecule has 0 saturated heterocycles. The van der Waals surface area contributed by atoms with Crippen LogP contribution in [0.5, 0.6) is 0 Å². The van der Waals surface area contributed by atoms with Crippen molar-refractivity contribution < 1.29 is 9.59 Å². The smallest absolute Gasteiger partial charge is 0.230 e. The van der Waals surface area contributed by atoms with E-state index in [-0.39, 0.29) is 23.3 Å². The first-order valence-electron chi connectivity index (χ1n) is 8.40. The molecule has 0 saturated carbocycles. The Labute approximate surface area is 169 Å². The number of rotatable bonds is 4. The van der Waals surface area contributed by atoms with Crippen molar-refractivity contribution in [3.8, 4) is 0 Å². The minimum atomic E-state index is -0.492. The predicted molar refractivity (Wildman–Crippen MR) is 114 cm³/mol. The molecule has 142 valence electrons. The van der Waals surface area contributed by atoms with Crippen LogP contribution in [0.2, 0.25) is 5.02 Å². The SMILES string of the molecule is CC(C)(C)C(=O)Nc1cccc(NC(=S)NC(=O)Cc2ccc(Cl)cc2)c1. The molecule has 0 aliphatic heterocycles. The van der Waals surface area contributed by atoms with Crippen molar-refractivity contribution in [2.24, 2.45) is 5.41 Å². The third-order valence-electron chi connectivity index (χ3n) is 3.59. The Morgan fingerprint density at radius 3 is 2.19 bits per heavy atom. The number of carbonyl (C=O) groups excluding carboxylic acids is 2. The van der Waals surface area contributed by atoms with Gasteiger partial charge in [-0.25, -0.2) is 0 Å². The number of hydrogen-bond acceptors (Lipinski definition) is 3. The van der Waals surface area contributed by atoms with Crippen molar-refractivity contribution in [2.45, 2.75) is 27.2 Å². The molecule has 27 heavy (non-hydrogen) atoms. The summed E-state index contributed by atoms with van der Waals surface area (Å²) in [6, 6.07) is 14.2. The van der Waals surface area contributed by atoms with Crippen LogP contribution in [0.25, 0.3) is 0 Å². The summed E-state index contributed by atoms with van der Waals surface area (Å²) in [6.45, 7) is 5.53. The molecule has 0 heterocycles. The largest absolute Gasteiger partial charge is 0.332 e. The summed E-state index contributed by atoms with van der Waals surface area (Å²) in [5.41, 5.74) is 1.66. The molecule has 0 radical (unpaired) electrons. The third-order valence-corrected chi connectivity index (χ3v) is 4.05. The Morgan fingerprint density at radius 1 is 1.00 bits per heavy atom. The molecule has 2 amide bonds. The minimum Gasteiger partial charge on any atom is -0.332 e. The number of nitrogens with one attached hydrogen (secondary N) is 3. The van der Waals surface area contributed by atoms with Crippen LogP contribution in [-0.2, 0) is 16.0 Å². The summed E-state index contributed by atoms with van der Waals surface area (Å²) >= 11 is 11.0. The molecule has 0 atom stereocenters. The van der Waals surface area contributed by atoms with Crippen molar-refractivity contribution >= 4 is 52.1 Å². The highest BCUT2D eigenvalue weighted by Gasteiger charge is 2.21. The highest BCUT2D eigenvalue weighted by atomic mass is 35.5. The first kappa shape index (κ1) is 20.9. The maximum atomic E-state index is 12.1. The van der Waals surface area contributed by atoms with Gasteiger partial charge in [0, 0.05) is 21.8 Å². The molecule has 2 rings (SSSR count). The fourth-order valence-corrected chi connectivity index (χ4v) is 2.47. The van der Waals surface area contributed by atoms with Crippen LogP contribution in [0.15, 0.2) is 48.5 Å². The number of carbonyl (C=O) groups is 2. The second kappa shape index (κ2) is 8.97. The molecule has 2 aromatic rings. The van der Waals surface area contributed by atoms with E-state index in [1.54, 1.807) is 48.5 Å². The Balaban J connectivity index is 1.91. The highest BCUT2D eigenvalue weighted by molar-refractivity contribution is 7.80. The first-order valence-corrected chi connectivity index (χ1v) is 9.19. The maximum absolute atomic E-state index is 12.1. The van der Waals surface area contributed by atoms with Crippen LogP contribution in [0, 0.1) is 5.41 Å². The number of hydrogen-bond donors (Lipinski definition) is 3. The van der Waals surface area contributed by atoms with E-state index in [1.165, 1.54) is 0 Å². The van der Waals surface area contributed by atoms with E-state index < -0.39 is 5.41 Å². The lowest BCUT2D eigenvalue weighted by Crippen LogP contribution is -2.35. The van der Waals surface area contributed by atoms with E-state index in [0.717, 1.165) is 5.56 Å². The van der Waals surface area contributed by atoms with Crippen LogP contribution in [0.3, 0.4) is 0 Å². The molecule has 7 heteroatoms. The molecule has 0 aliphatic carbocycles. The van der Waals surface area contributed by atoms with Crippen LogP contribution in [-0.4, -0.2) is 16.9 Å². The maximum Gasteiger partial charge on any atom is 0.230 e. The van der Waals surface area contributed by atoms with Gasteiger partial charge >= 0.3 is 0 Å². The third kappa shape index (κ3) is 7.00. The van der Waals surface area contributed by atoms with E-state index in [9.17, 15) is 9.59 Å². The summed E-state index contributed by atoms with van der Waals surface area (Å²) < 4.78 is 0. The first-order chi connectivity index (χ1) is 12.6. The molecule has 0 unspecified atom stereocenters. The summed E-state index contributed by atoms with van der Waals surface area (Å²) in [4.78, 5) is 24.2. The normalized spacial score (nSPS) is 10.8. The van der Waals surface area contributed by atoms with E-state index in [1.807, 2.05) is 20.8 Å². The molecule has 0 spiro atoms. The van der Waals surface area contributed by atoms with Gasteiger partial charge in [-0.3, -0.25) is 9.59 Å². The van der Waals surface area contributed by atoms with Gasteiger partial charge in [0.2, 0.25) is 11.8 Å². The molecular formula is C20H22ClN3O2S. The summed E-state index contributed by atoms with van der Waals surface area (Å²) in [6.07, 6.45) is 0.195. The van der Waals surface area contributed by atoms with Crippen molar-refractivity contribution in [1.29, 1.82) is 0 Å². The summed E-state index contributed by atoms with van der Waals surface area (Å²) in [7, 11) is 0. The van der Waals surface area contributed by atoms with Gasteiger partial charge in [-0.1, -0.05) is 50.6 Å². The number of halogens is 1. The van der Waals surface area contributed by atoms with Gasteiger partial charge in [-0.2, -0.15) is 0 Å². The Hall–Kier alpha value is -2.44. The molecule has 0 bridgehead atoms. The van der Waals surface area contributed by atoms with Gasteiger partial charge in [0.25, 0.3) is 0 Å². The fourth-order valence-electron chi connectivity index (χ4n) is 2.11. The zero-order valence-electron chi connectivity index (χ0n) is 15.4. The van der Waals surface area contributed by atoms with Crippen LogP contribution in [0.4, 0.5) is 11.4 Å². The quantitative estimate of drug-likeness (QED) is 0.662. The number of anilines is 2. The topological polar surface area (TPSA) is 70.2 Å². The van der Waals surface area contributed by atoms with Gasteiger partial charge in [0.05, 0.1) is 6.42 Å². The fraction of sp³-hybridized carbons (Fsp3) is 0.250. The van der Waals surface area contributed by atoms with Crippen molar-refractivity contribution in [3.05, 3.63) is 59.1 Å². The number of amides is 2. The van der Waals surface area contributed by atoms with E-state index in [0.29, 0.717) is 16.4 Å². The molecular weight excluding hydrogens is 382 g/mol. The van der Waals surface area contributed by atoms with Crippen molar-refractivity contribution in [3.63, 3.8) is 0 Å². The molecule has 2 aromatic carbocycles. The Kier molecular flexibility index (Phi) is 6.93. The zero-order valence-corrected chi connectivity index (χ0v) is 17.0. The van der Waals surface area contributed by atoms with Gasteiger partial charge in [-0.15, -0.1) is 0 Å². The zero-order chi connectivity index (χ0) is 20.0. The lowest BCUT2D eigenvalue weighted by Gasteiger charge is -2.18. The van der Waals surface area contributed by atoms with Crippen molar-refractivity contribution in [1.82, 2.24) is 5.32 Å². The van der Waals surface area contributed by atoms with Gasteiger partial charge < -0.3 is 16.0 Å². The number of benzene rings is 2. The van der Waals surface area contributed by atoms with Gasteiger partial charge in [0.1, 0.15) is 0 Å². The summed E-state index contributed by atoms with van der Waals surface area (Å²) in [5.74, 6) is -0.314. The lowest BCUT2D eigenvalue weighted by atomic mass is 9.95.